The zero-order chi connectivity index (χ0) is 29.8. The second-order valence-electron chi connectivity index (χ2n) is 10.4. The van der Waals surface area contributed by atoms with E-state index >= 15 is 0 Å². The van der Waals surface area contributed by atoms with Crippen LogP contribution in [0.5, 0.6) is 0 Å². The molecule has 0 atom stereocenters. The van der Waals surface area contributed by atoms with E-state index in [2.05, 4.69) is 25.5 Å². The van der Waals surface area contributed by atoms with Crippen molar-refractivity contribution in [2.45, 2.75) is 32.5 Å². The van der Waals surface area contributed by atoms with Crippen LogP contribution in [0.4, 0.5) is 24.8 Å². The number of rotatable bonds is 9. The first-order valence-electron chi connectivity index (χ1n) is 12.8. The number of hydrogen-bond donors (Lipinski definition) is 2. The van der Waals surface area contributed by atoms with Gasteiger partial charge in [-0.2, -0.15) is 15.2 Å². The van der Waals surface area contributed by atoms with E-state index < -0.39 is 35.4 Å². The van der Waals surface area contributed by atoms with Crippen LogP contribution in [0.25, 0.3) is 10.9 Å². The Kier molecular flexibility index (Phi) is 6.85. The van der Waals surface area contributed by atoms with Crippen LogP contribution in [0.2, 0.25) is 5.02 Å². The standard InChI is InChI=1S/C26H23ClF3N9O3/c1-36-13-31-22(35-36)10-39-24(41)33-23(38(25(39)42)9-14-4-18(29)19(30)7-17(14)28)32-21-5-15-8-37(11-26(12-40)2-3-26)34-20(15)6-16(21)27/h4-8,13,40H,2-3,9-12H2,1H3,(H,32,33,41). The quantitative estimate of drug-likeness (QED) is 0.246. The van der Waals surface area contributed by atoms with E-state index in [9.17, 15) is 27.9 Å². The molecule has 2 N–H and O–H groups in total. The highest BCUT2D eigenvalue weighted by molar-refractivity contribution is 6.34. The van der Waals surface area contributed by atoms with Gasteiger partial charge in [0.05, 0.1) is 35.9 Å². The molecule has 0 unspecified atom stereocenters. The maximum Gasteiger partial charge on any atom is 0.355 e. The number of aliphatic hydroxyl groups is 1. The van der Waals surface area contributed by atoms with Crippen molar-refractivity contribution in [2.24, 2.45) is 12.5 Å². The van der Waals surface area contributed by atoms with E-state index in [0.29, 0.717) is 29.6 Å². The van der Waals surface area contributed by atoms with Crippen LogP contribution in [0.15, 0.2) is 46.4 Å². The van der Waals surface area contributed by atoms with E-state index in [0.717, 1.165) is 22.0 Å². The molecule has 6 rings (SSSR count). The van der Waals surface area contributed by atoms with Crippen LogP contribution in [0.3, 0.4) is 0 Å². The molecule has 0 aliphatic heterocycles. The summed E-state index contributed by atoms with van der Waals surface area (Å²) in [5.41, 5.74) is -1.61. The summed E-state index contributed by atoms with van der Waals surface area (Å²) >= 11 is 6.51. The largest absolute Gasteiger partial charge is 0.396 e. The third-order valence-electron chi connectivity index (χ3n) is 7.19. The Morgan fingerprint density at radius 3 is 2.48 bits per heavy atom. The summed E-state index contributed by atoms with van der Waals surface area (Å²) in [5, 5.41) is 22.0. The fraction of sp³-hybridized carbons (Fsp3) is 0.308. The predicted octanol–water partition coefficient (Wildman–Crippen LogP) is 2.57. The monoisotopic (exact) mass is 601 g/mol. The van der Waals surface area contributed by atoms with E-state index in [1.54, 1.807) is 30.1 Å². The normalized spacial score (nSPS) is 14.0. The topological polar surface area (TPSA) is 138 Å². The zero-order valence-electron chi connectivity index (χ0n) is 22.1. The minimum Gasteiger partial charge on any atom is -0.396 e. The van der Waals surface area contributed by atoms with Gasteiger partial charge in [0.25, 0.3) is 0 Å². The summed E-state index contributed by atoms with van der Waals surface area (Å²) in [6.07, 6.45) is 4.96. The summed E-state index contributed by atoms with van der Waals surface area (Å²) in [6.45, 7) is -0.356. The number of anilines is 2. The second kappa shape index (κ2) is 10.4. The minimum absolute atomic E-state index is 0.0560. The van der Waals surface area contributed by atoms with Gasteiger partial charge >= 0.3 is 11.4 Å². The Labute approximate surface area is 239 Å². The van der Waals surface area contributed by atoms with Gasteiger partial charge < -0.3 is 10.4 Å². The maximum atomic E-state index is 14.6. The molecule has 0 amide bonds. The maximum absolute atomic E-state index is 14.6. The average molecular weight is 602 g/mol. The molecule has 218 valence electrons. The van der Waals surface area contributed by atoms with Gasteiger partial charge in [-0.05, 0) is 31.0 Å². The number of hydrogen-bond acceptors (Lipinski definition) is 8. The SMILES string of the molecule is Cn1cnc(Cn2c(=O)nc(Nc3cc4cn(CC5(CO)CC5)nc4cc3Cl)n(Cc3cc(F)c(F)cc3F)c2=O)n1. The van der Waals surface area contributed by atoms with Crippen LogP contribution in [0, 0.1) is 22.9 Å². The van der Waals surface area contributed by atoms with Crippen molar-refractivity contribution in [2.75, 3.05) is 11.9 Å². The van der Waals surface area contributed by atoms with Gasteiger partial charge in [0, 0.05) is 42.2 Å². The molecule has 0 radical (unpaired) electrons. The molecule has 1 aliphatic rings. The van der Waals surface area contributed by atoms with E-state index in [-0.39, 0.29) is 46.6 Å². The number of fused-ring (bicyclic) bond motifs is 1. The summed E-state index contributed by atoms with van der Waals surface area (Å²) in [6, 6.07) is 4.22. The van der Waals surface area contributed by atoms with Crippen LogP contribution in [-0.2, 0) is 26.7 Å². The Balaban J connectivity index is 1.41. The van der Waals surface area contributed by atoms with E-state index in [4.69, 9.17) is 11.6 Å². The molecule has 42 heavy (non-hydrogen) atoms. The molecule has 2 aromatic carbocycles. The van der Waals surface area contributed by atoms with Crippen molar-refractivity contribution >= 4 is 34.1 Å². The van der Waals surface area contributed by atoms with Gasteiger partial charge in [0.1, 0.15) is 12.1 Å². The highest BCUT2D eigenvalue weighted by Crippen LogP contribution is 2.46. The van der Waals surface area contributed by atoms with Gasteiger partial charge in [-0.15, -0.1) is 0 Å². The Bertz CT molecular complexity index is 1960. The molecule has 0 spiro atoms. The number of aliphatic hydroxyl groups excluding tert-OH is 1. The highest BCUT2D eigenvalue weighted by atomic mass is 35.5. The lowest BCUT2D eigenvalue weighted by molar-refractivity contribution is 0.191. The molecular formula is C26H23ClF3N9O3. The predicted molar refractivity (Wildman–Crippen MR) is 145 cm³/mol. The number of benzene rings is 2. The van der Waals surface area contributed by atoms with Crippen molar-refractivity contribution in [3.8, 4) is 0 Å². The summed E-state index contributed by atoms with van der Waals surface area (Å²) in [4.78, 5) is 34.6. The van der Waals surface area contributed by atoms with E-state index in [1.807, 2.05) is 0 Å². The lowest BCUT2D eigenvalue weighted by Gasteiger charge is -2.16. The second-order valence-corrected chi connectivity index (χ2v) is 10.8. The lowest BCUT2D eigenvalue weighted by atomic mass is 10.1. The molecule has 0 saturated heterocycles. The molecule has 1 aliphatic carbocycles. The molecule has 1 saturated carbocycles. The molecule has 1 fully saturated rings. The van der Waals surface area contributed by atoms with Gasteiger partial charge in [0.15, 0.2) is 17.5 Å². The third-order valence-corrected chi connectivity index (χ3v) is 7.50. The van der Waals surface area contributed by atoms with Crippen LogP contribution < -0.4 is 16.7 Å². The fourth-order valence-electron chi connectivity index (χ4n) is 4.64. The first kappa shape index (κ1) is 27.7. The van der Waals surface area contributed by atoms with Crippen molar-refractivity contribution in [1.82, 2.24) is 38.7 Å². The highest BCUT2D eigenvalue weighted by Gasteiger charge is 2.42. The van der Waals surface area contributed by atoms with Crippen molar-refractivity contribution in [1.29, 1.82) is 0 Å². The Morgan fingerprint density at radius 1 is 1.02 bits per heavy atom. The molecule has 5 aromatic rings. The van der Waals surface area contributed by atoms with Gasteiger partial charge in [0.2, 0.25) is 5.95 Å². The molecular weight excluding hydrogens is 579 g/mol. The molecule has 12 nitrogen and oxygen atoms in total. The third kappa shape index (κ3) is 5.27. The van der Waals surface area contributed by atoms with Gasteiger partial charge in [-0.3, -0.25) is 13.9 Å². The first-order valence-corrected chi connectivity index (χ1v) is 13.2. The van der Waals surface area contributed by atoms with Gasteiger partial charge in [-0.25, -0.2) is 32.3 Å². The summed E-state index contributed by atoms with van der Waals surface area (Å²) < 4.78 is 47.0. The number of nitrogens with one attached hydrogen (secondary N) is 1. The minimum atomic E-state index is -1.39. The molecule has 0 bridgehead atoms. The fourth-order valence-corrected chi connectivity index (χ4v) is 4.84. The Hall–Kier alpha value is -4.50. The summed E-state index contributed by atoms with van der Waals surface area (Å²) in [5.74, 6) is -3.97. The Morgan fingerprint density at radius 2 is 1.79 bits per heavy atom. The average Bonchev–Trinajstić information content (AvgIpc) is 3.42. The van der Waals surface area contributed by atoms with Crippen LogP contribution in [-0.4, -0.2) is 50.4 Å². The number of aryl methyl sites for hydroxylation is 1. The first-order chi connectivity index (χ1) is 20.0. The molecule has 3 aromatic heterocycles. The van der Waals surface area contributed by atoms with Crippen molar-refractivity contribution in [3.05, 3.63) is 91.6 Å². The van der Waals surface area contributed by atoms with Crippen LogP contribution >= 0.6 is 11.6 Å². The molecule has 16 heteroatoms. The van der Waals surface area contributed by atoms with Gasteiger partial charge in [-0.1, -0.05) is 11.6 Å². The zero-order valence-corrected chi connectivity index (χ0v) is 22.8. The number of nitrogens with zero attached hydrogens (tertiary/aromatic N) is 8. The van der Waals surface area contributed by atoms with Crippen LogP contribution in [0.1, 0.15) is 24.2 Å². The number of aromatic nitrogens is 8. The van der Waals surface area contributed by atoms with E-state index in [1.165, 1.54) is 11.0 Å². The van der Waals surface area contributed by atoms with Crippen molar-refractivity contribution in [3.63, 3.8) is 0 Å². The lowest BCUT2D eigenvalue weighted by Crippen LogP contribution is -2.43. The van der Waals surface area contributed by atoms with Crippen molar-refractivity contribution < 1.29 is 18.3 Å². The number of halogens is 4. The summed E-state index contributed by atoms with van der Waals surface area (Å²) in [7, 11) is 1.61. The smallest absolute Gasteiger partial charge is 0.355 e. The molecule has 3 heterocycles.